The molecule has 0 radical (unpaired) electrons. The van der Waals surface area contributed by atoms with E-state index in [2.05, 4.69) is 10.1 Å². The summed E-state index contributed by atoms with van der Waals surface area (Å²) in [5, 5.41) is 3.65. The summed E-state index contributed by atoms with van der Waals surface area (Å²) >= 11 is 7.52. The zero-order valence-corrected chi connectivity index (χ0v) is 9.58. The molecule has 0 fully saturated rings. The molecule has 0 aliphatic rings. The normalized spacial score (nSPS) is 10.5. The summed E-state index contributed by atoms with van der Waals surface area (Å²) < 4.78 is 18.2. The topological polar surface area (TPSA) is 38.9 Å². The second kappa shape index (κ2) is 3.82. The van der Waals surface area contributed by atoms with Gasteiger partial charge in [0.25, 0.3) is 5.89 Å². The Morgan fingerprint density at radius 1 is 1.43 bits per heavy atom. The molecule has 0 aliphatic heterocycles. The molecule has 2 rings (SSSR count). The van der Waals surface area contributed by atoms with Crippen molar-refractivity contribution in [2.75, 3.05) is 0 Å². The Kier molecular flexibility index (Phi) is 2.69. The predicted octanol–water partition coefficient (Wildman–Crippen LogP) is 3.13. The van der Waals surface area contributed by atoms with Gasteiger partial charge in [0.2, 0.25) is 3.83 Å². The van der Waals surface area contributed by atoms with Gasteiger partial charge < -0.3 is 4.52 Å². The van der Waals surface area contributed by atoms with Gasteiger partial charge in [-0.05, 0) is 18.2 Å². The van der Waals surface area contributed by atoms with Crippen LogP contribution in [0.4, 0.5) is 4.39 Å². The molecule has 1 aromatic carbocycles. The lowest BCUT2D eigenvalue weighted by molar-refractivity contribution is 0.426. The second-order valence-electron chi connectivity index (χ2n) is 2.50. The van der Waals surface area contributed by atoms with Gasteiger partial charge in [0.05, 0.1) is 5.02 Å². The molecule has 0 unspecified atom stereocenters. The minimum Gasteiger partial charge on any atom is -0.333 e. The number of rotatable bonds is 1. The molecule has 6 heteroatoms. The van der Waals surface area contributed by atoms with Gasteiger partial charge in [0.15, 0.2) is 0 Å². The molecule has 14 heavy (non-hydrogen) atoms. The second-order valence-corrected chi connectivity index (χ2v) is 3.87. The lowest BCUT2D eigenvalue weighted by Crippen LogP contribution is -1.81. The van der Waals surface area contributed by atoms with Gasteiger partial charge in [-0.15, -0.1) is 0 Å². The fourth-order valence-corrected chi connectivity index (χ4v) is 1.45. The van der Waals surface area contributed by atoms with Gasteiger partial charge in [-0.3, -0.25) is 0 Å². The van der Waals surface area contributed by atoms with Gasteiger partial charge in [0.1, 0.15) is 5.82 Å². The van der Waals surface area contributed by atoms with E-state index in [0.29, 0.717) is 15.3 Å². The van der Waals surface area contributed by atoms with Crippen LogP contribution in [0.3, 0.4) is 0 Å². The van der Waals surface area contributed by atoms with Gasteiger partial charge in [-0.1, -0.05) is 16.8 Å². The molecule has 0 spiro atoms. The van der Waals surface area contributed by atoms with Gasteiger partial charge in [-0.25, -0.2) is 4.39 Å². The van der Waals surface area contributed by atoms with Crippen molar-refractivity contribution in [1.82, 2.24) is 10.1 Å². The van der Waals surface area contributed by atoms with E-state index < -0.39 is 5.82 Å². The first kappa shape index (κ1) is 9.85. The molecule has 0 amide bonds. The van der Waals surface area contributed by atoms with Gasteiger partial charge in [-0.2, -0.15) is 4.98 Å². The smallest absolute Gasteiger partial charge is 0.258 e. The van der Waals surface area contributed by atoms with Crippen LogP contribution in [-0.2, 0) is 0 Å². The zero-order valence-electron chi connectivity index (χ0n) is 6.67. The molecule has 0 saturated carbocycles. The standard InChI is InChI=1S/C8H3ClFIN2O/c9-5-3-4(1-2-6(5)10)7-12-8(11)13-14-7/h1-3H. The molecule has 1 aromatic heterocycles. The van der Waals surface area contributed by atoms with Crippen molar-refractivity contribution >= 4 is 34.2 Å². The molecule has 1 heterocycles. The Hall–Kier alpha value is -0.690. The summed E-state index contributed by atoms with van der Waals surface area (Å²) in [5.41, 5.74) is 0.604. The van der Waals surface area contributed by atoms with Gasteiger partial charge >= 0.3 is 0 Å². The van der Waals surface area contributed by atoms with Crippen LogP contribution < -0.4 is 0 Å². The SMILES string of the molecule is Fc1ccc(-c2nc(I)no2)cc1Cl. The van der Waals surface area contributed by atoms with E-state index in [1.807, 2.05) is 22.6 Å². The van der Waals surface area contributed by atoms with Crippen molar-refractivity contribution < 1.29 is 8.91 Å². The van der Waals surface area contributed by atoms with Crippen molar-refractivity contribution in [3.8, 4) is 11.5 Å². The molecule has 3 nitrogen and oxygen atoms in total. The Labute approximate surface area is 97.4 Å². The first-order valence-electron chi connectivity index (χ1n) is 3.61. The molecule has 72 valence electrons. The zero-order chi connectivity index (χ0) is 10.1. The van der Waals surface area contributed by atoms with Crippen LogP contribution in [-0.4, -0.2) is 10.1 Å². The van der Waals surface area contributed by atoms with Crippen LogP contribution in [0.5, 0.6) is 0 Å². The predicted molar refractivity (Wildman–Crippen MR) is 57.4 cm³/mol. The van der Waals surface area contributed by atoms with Gasteiger partial charge in [0, 0.05) is 28.2 Å². The summed E-state index contributed by atoms with van der Waals surface area (Å²) in [6.07, 6.45) is 0. The van der Waals surface area contributed by atoms with Crippen molar-refractivity contribution in [3.63, 3.8) is 0 Å². The molecule has 0 atom stereocenters. The van der Waals surface area contributed by atoms with E-state index in [1.54, 1.807) is 0 Å². The average Bonchev–Trinajstić information content (AvgIpc) is 2.57. The minimum atomic E-state index is -0.468. The molecule has 2 aromatic rings. The Morgan fingerprint density at radius 2 is 2.21 bits per heavy atom. The van der Waals surface area contributed by atoms with Crippen LogP contribution in [0.15, 0.2) is 22.7 Å². The largest absolute Gasteiger partial charge is 0.333 e. The number of hydrogen-bond acceptors (Lipinski definition) is 3. The van der Waals surface area contributed by atoms with E-state index in [1.165, 1.54) is 18.2 Å². The number of hydrogen-bond donors (Lipinski definition) is 0. The van der Waals surface area contributed by atoms with Crippen molar-refractivity contribution in [3.05, 3.63) is 32.9 Å². The number of benzene rings is 1. The van der Waals surface area contributed by atoms with E-state index in [-0.39, 0.29) is 5.02 Å². The number of nitrogens with zero attached hydrogens (tertiary/aromatic N) is 2. The van der Waals surface area contributed by atoms with E-state index in [4.69, 9.17) is 16.1 Å². The highest BCUT2D eigenvalue weighted by Gasteiger charge is 2.08. The first-order chi connectivity index (χ1) is 6.66. The maximum absolute atomic E-state index is 12.8. The molecule has 0 saturated heterocycles. The fourth-order valence-electron chi connectivity index (χ4n) is 0.952. The first-order valence-corrected chi connectivity index (χ1v) is 5.07. The maximum Gasteiger partial charge on any atom is 0.258 e. The maximum atomic E-state index is 12.8. The van der Waals surface area contributed by atoms with Crippen LogP contribution >= 0.6 is 34.2 Å². The summed E-state index contributed by atoms with van der Waals surface area (Å²) in [4.78, 5) is 3.98. The third-order valence-corrected chi connectivity index (χ3v) is 2.30. The van der Waals surface area contributed by atoms with Crippen molar-refractivity contribution in [2.24, 2.45) is 0 Å². The van der Waals surface area contributed by atoms with Crippen molar-refractivity contribution in [2.45, 2.75) is 0 Å². The summed E-state index contributed by atoms with van der Waals surface area (Å²) in [5.74, 6) is -0.138. The highest BCUT2D eigenvalue weighted by molar-refractivity contribution is 14.1. The Morgan fingerprint density at radius 3 is 2.79 bits per heavy atom. The van der Waals surface area contributed by atoms with Crippen LogP contribution in [0.25, 0.3) is 11.5 Å². The van der Waals surface area contributed by atoms with E-state index >= 15 is 0 Å². The quantitative estimate of drug-likeness (QED) is 0.757. The van der Waals surface area contributed by atoms with Crippen LogP contribution in [0.2, 0.25) is 5.02 Å². The Balaban J connectivity index is 2.47. The highest BCUT2D eigenvalue weighted by Crippen LogP contribution is 2.23. The third-order valence-electron chi connectivity index (χ3n) is 1.57. The highest BCUT2D eigenvalue weighted by atomic mass is 127. The summed E-state index contributed by atoms with van der Waals surface area (Å²) in [6.45, 7) is 0. The molecule has 0 aliphatic carbocycles. The fraction of sp³-hybridized carbons (Fsp3) is 0. The summed E-state index contributed by atoms with van der Waals surface area (Å²) in [7, 11) is 0. The van der Waals surface area contributed by atoms with Crippen molar-refractivity contribution in [1.29, 1.82) is 0 Å². The Bertz CT molecular complexity index is 474. The third kappa shape index (κ3) is 1.88. The molecule has 0 N–H and O–H groups in total. The average molecular weight is 324 g/mol. The van der Waals surface area contributed by atoms with E-state index in [0.717, 1.165) is 0 Å². The lowest BCUT2D eigenvalue weighted by Gasteiger charge is -1.95. The monoisotopic (exact) mass is 324 g/mol. The minimum absolute atomic E-state index is 0.0377. The lowest BCUT2D eigenvalue weighted by atomic mass is 10.2. The molecule has 0 bridgehead atoms. The van der Waals surface area contributed by atoms with Crippen LogP contribution in [0, 0.1) is 9.65 Å². The molecular formula is C8H3ClFIN2O. The van der Waals surface area contributed by atoms with E-state index in [9.17, 15) is 4.39 Å². The molecular weight excluding hydrogens is 321 g/mol. The summed E-state index contributed by atoms with van der Waals surface area (Å²) in [6, 6.07) is 4.24. The number of aromatic nitrogens is 2. The number of halogens is 3. The van der Waals surface area contributed by atoms with Crippen LogP contribution in [0.1, 0.15) is 0 Å².